The molecule has 0 radical (unpaired) electrons. The summed E-state index contributed by atoms with van der Waals surface area (Å²) in [5.74, 6) is -4.27. The number of aliphatic hydroxyl groups excluding tert-OH is 2. The molecule has 0 bridgehead atoms. The van der Waals surface area contributed by atoms with Crippen molar-refractivity contribution in [1.82, 2.24) is 10.6 Å². The van der Waals surface area contributed by atoms with Crippen molar-refractivity contribution in [3.05, 3.63) is 0 Å². The standard InChI is InChI=1S/C11H20N4O7/c1-4(17)8(10(20)14-6(3-16)11(21)22)15-9(19)5(12)2-7(13)18/h4-6,8,16-17H,2-3,12H2,1H3,(H2,13,18)(H,14,20)(H,15,19)(H,21,22)/t4-,5+,6+,8+/m1/s1. The molecule has 126 valence electrons. The van der Waals surface area contributed by atoms with Gasteiger partial charge in [-0.05, 0) is 6.92 Å². The highest BCUT2D eigenvalue weighted by atomic mass is 16.4. The van der Waals surface area contributed by atoms with Gasteiger partial charge in [0.05, 0.1) is 25.2 Å². The third-order valence-corrected chi connectivity index (χ3v) is 2.62. The maximum absolute atomic E-state index is 11.8. The fraction of sp³-hybridized carbons (Fsp3) is 0.636. The minimum Gasteiger partial charge on any atom is -0.480 e. The maximum atomic E-state index is 11.8. The molecule has 4 atom stereocenters. The predicted octanol–water partition coefficient (Wildman–Crippen LogP) is -4.38. The summed E-state index contributed by atoms with van der Waals surface area (Å²) in [4.78, 5) is 44.9. The molecule has 0 aliphatic carbocycles. The van der Waals surface area contributed by atoms with Gasteiger partial charge in [0, 0.05) is 0 Å². The number of rotatable bonds is 9. The maximum Gasteiger partial charge on any atom is 0.328 e. The molecule has 0 saturated heterocycles. The fourth-order valence-electron chi connectivity index (χ4n) is 1.42. The number of carboxylic acid groups (broad SMARTS) is 1. The minimum atomic E-state index is -1.59. The van der Waals surface area contributed by atoms with Crippen molar-refractivity contribution in [3.8, 4) is 0 Å². The summed E-state index contributed by atoms with van der Waals surface area (Å²) >= 11 is 0. The first-order chi connectivity index (χ1) is 10.1. The average Bonchev–Trinajstić information content (AvgIpc) is 2.39. The molecule has 22 heavy (non-hydrogen) atoms. The van der Waals surface area contributed by atoms with E-state index in [4.69, 9.17) is 21.7 Å². The summed E-state index contributed by atoms with van der Waals surface area (Å²) in [7, 11) is 0. The number of primary amides is 1. The van der Waals surface area contributed by atoms with E-state index >= 15 is 0 Å². The monoisotopic (exact) mass is 320 g/mol. The predicted molar refractivity (Wildman–Crippen MR) is 72.1 cm³/mol. The van der Waals surface area contributed by atoms with E-state index in [0.29, 0.717) is 0 Å². The van der Waals surface area contributed by atoms with Crippen molar-refractivity contribution in [3.63, 3.8) is 0 Å². The number of aliphatic hydroxyl groups is 2. The van der Waals surface area contributed by atoms with E-state index in [9.17, 15) is 24.3 Å². The van der Waals surface area contributed by atoms with E-state index in [0.717, 1.165) is 0 Å². The van der Waals surface area contributed by atoms with Gasteiger partial charge >= 0.3 is 5.97 Å². The van der Waals surface area contributed by atoms with Crippen LogP contribution in [0.2, 0.25) is 0 Å². The van der Waals surface area contributed by atoms with E-state index < -0.39 is 60.9 Å². The van der Waals surface area contributed by atoms with Gasteiger partial charge in [-0.3, -0.25) is 14.4 Å². The molecule has 9 N–H and O–H groups in total. The van der Waals surface area contributed by atoms with Crippen LogP contribution in [0.15, 0.2) is 0 Å². The minimum absolute atomic E-state index is 0.464. The first-order valence-electron chi connectivity index (χ1n) is 6.26. The van der Waals surface area contributed by atoms with Crippen LogP contribution in [0.1, 0.15) is 13.3 Å². The van der Waals surface area contributed by atoms with Crippen LogP contribution in [0.3, 0.4) is 0 Å². The Kier molecular flexibility index (Phi) is 8.01. The molecule has 0 spiro atoms. The third-order valence-electron chi connectivity index (χ3n) is 2.62. The first kappa shape index (κ1) is 19.8. The normalized spacial score (nSPS) is 16.0. The Hall–Kier alpha value is -2.24. The molecular weight excluding hydrogens is 300 g/mol. The quantitative estimate of drug-likeness (QED) is 0.220. The molecule has 0 aliphatic heterocycles. The Morgan fingerprint density at radius 1 is 1.14 bits per heavy atom. The van der Waals surface area contributed by atoms with E-state index in [1.54, 1.807) is 0 Å². The molecule has 11 nitrogen and oxygen atoms in total. The Morgan fingerprint density at radius 3 is 2.05 bits per heavy atom. The van der Waals surface area contributed by atoms with Crippen LogP contribution in [0.4, 0.5) is 0 Å². The van der Waals surface area contributed by atoms with Crippen molar-refractivity contribution in [2.24, 2.45) is 11.5 Å². The smallest absolute Gasteiger partial charge is 0.328 e. The lowest BCUT2D eigenvalue weighted by atomic mass is 10.1. The van der Waals surface area contributed by atoms with Crippen molar-refractivity contribution in [2.75, 3.05) is 6.61 Å². The zero-order valence-corrected chi connectivity index (χ0v) is 11.9. The highest BCUT2D eigenvalue weighted by molar-refractivity contribution is 5.93. The van der Waals surface area contributed by atoms with Gasteiger partial charge in [0.15, 0.2) is 0 Å². The zero-order chi connectivity index (χ0) is 17.4. The summed E-state index contributed by atoms with van der Waals surface area (Å²) in [6.07, 6.45) is -1.84. The largest absolute Gasteiger partial charge is 0.480 e. The fourth-order valence-corrected chi connectivity index (χ4v) is 1.42. The number of hydrogen-bond acceptors (Lipinski definition) is 7. The van der Waals surface area contributed by atoms with Crippen LogP contribution >= 0.6 is 0 Å². The molecule has 0 unspecified atom stereocenters. The lowest BCUT2D eigenvalue weighted by Crippen LogP contribution is -2.58. The third kappa shape index (κ3) is 6.47. The topological polar surface area (TPSA) is 205 Å². The van der Waals surface area contributed by atoms with E-state index in [2.05, 4.69) is 5.32 Å². The molecule has 0 fully saturated rings. The number of amides is 3. The van der Waals surface area contributed by atoms with Crippen molar-refractivity contribution < 1.29 is 34.5 Å². The van der Waals surface area contributed by atoms with Gasteiger partial charge in [-0.15, -0.1) is 0 Å². The summed E-state index contributed by atoms with van der Waals surface area (Å²) in [5.41, 5.74) is 10.3. The molecule has 3 amide bonds. The second kappa shape index (κ2) is 8.92. The van der Waals surface area contributed by atoms with Crippen molar-refractivity contribution >= 4 is 23.7 Å². The Labute approximate surface area is 125 Å². The van der Waals surface area contributed by atoms with Gasteiger partial charge in [-0.25, -0.2) is 4.79 Å². The van der Waals surface area contributed by atoms with Gasteiger partial charge in [-0.1, -0.05) is 0 Å². The molecule has 0 aliphatic rings. The van der Waals surface area contributed by atoms with E-state index in [1.165, 1.54) is 6.92 Å². The van der Waals surface area contributed by atoms with Crippen molar-refractivity contribution in [2.45, 2.75) is 37.6 Å². The number of nitrogens with one attached hydrogen (secondary N) is 2. The van der Waals surface area contributed by atoms with Gasteiger partial charge < -0.3 is 37.4 Å². The number of carboxylic acids is 1. The summed E-state index contributed by atoms with van der Waals surface area (Å²) in [6.45, 7) is 0.307. The number of aliphatic carboxylic acids is 1. The Bertz CT molecular complexity index is 440. The van der Waals surface area contributed by atoms with Crippen LogP contribution < -0.4 is 22.1 Å². The van der Waals surface area contributed by atoms with Crippen molar-refractivity contribution in [1.29, 1.82) is 0 Å². The summed E-state index contributed by atoms with van der Waals surface area (Å²) < 4.78 is 0. The lowest BCUT2D eigenvalue weighted by Gasteiger charge is -2.23. The highest BCUT2D eigenvalue weighted by Crippen LogP contribution is 1.97. The zero-order valence-electron chi connectivity index (χ0n) is 11.9. The van der Waals surface area contributed by atoms with Crippen LogP contribution in [-0.2, 0) is 19.2 Å². The van der Waals surface area contributed by atoms with Crippen LogP contribution in [0.5, 0.6) is 0 Å². The van der Waals surface area contributed by atoms with Gasteiger partial charge in [0.2, 0.25) is 17.7 Å². The number of carbonyl (C=O) groups excluding carboxylic acids is 3. The molecule has 11 heteroatoms. The number of carbonyl (C=O) groups is 4. The molecule has 0 aromatic heterocycles. The average molecular weight is 320 g/mol. The second-order valence-electron chi connectivity index (χ2n) is 4.59. The molecule has 0 aromatic carbocycles. The summed E-state index contributed by atoms with van der Waals surface area (Å²) in [5, 5.41) is 31.1. The summed E-state index contributed by atoms with van der Waals surface area (Å²) in [6, 6.07) is -4.43. The molecule has 0 rings (SSSR count). The second-order valence-corrected chi connectivity index (χ2v) is 4.59. The molecule has 0 aromatic rings. The van der Waals surface area contributed by atoms with Gasteiger partial charge in [-0.2, -0.15) is 0 Å². The highest BCUT2D eigenvalue weighted by Gasteiger charge is 2.30. The Balaban J connectivity index is 4.85. The van der Waals surface area contributed by atoms with E-state index in [-0.39, 0.29) is 0 Å². The number of hydrogen-bond donors (Lipinski definition) is 7. The first-order valence-corrected chi connectivity index (χ1v) is 6.26. The molecule has 0 saturated carbocycles. The number of nitrogens with two attached hydrogens (primary N) is 2. The molecule has 0 heterocycles. The Morgan fingerprint density at radius 2 is 1.68 bits per heavy atom. The van der Waals surface area contributed by atoms with Crippen LogP contribution in [0, 0.1) is 0 Å². The van der Waals surface area contributed by atoms with Crippen LogP contribution in [0.25, 0.3) is 0 Å². The van der Waals surface area contributed by atoms with Gasteiger partial charge in [0.25, 0.3) is 0 Å². The molecular formula is C11H20N4O7. The van der Waals surface area contributed by atoms with Crippen LogP contribution in [-0.4, -0.2) is 69.8 Å². The van der Waals surface area contributed by atoms with Gasteiger partial charge in [0.1, 0.15) is 12.1 Å². The van der Waals surface area contributed by atoms with E-state index in [1.807, 2.05) is 5.32 Å². The SMILES string of the molecule is C[C@@H](O)[C@H](NC(=O)[C@@H](N)CC(N)=O)C(=O)N[C@@H](CO)C(=O)O. The lowest BCUT2D eigenvalue weighted by molar-refractivity contribution is -0.144.